The topological polar surface area (TPSA) is 76.3 Å². The quantitative estimate of drug-likeness (QED) is 0.656. The Kier molecular flexibility index (Phi) is 5.39. The molecule has 8 nitrogen and oxygen atoms in total. The number of aromatic nitrogens is 4. The first-order chi connectivity index (χ1) is 14.0. The predicted octanol–water partition coefficient (Wildman–Crippen LogP) is 1.00. The Balaban J connectivity index is 1.40. The van der Waals surface area contributed by atoms with Crippen LogP contribution in [0.3, 0.4) is 0 Å². The molecule has 1 aliphatic rings. The molecular formula is C20H23FN6O2. The number of hydrogen-bond acceptors (Lipinski definition) is 5. The monoisotopic (exact) mass is 398 g/mol. The minimum atomic E-state index is -0.271. The zero-order chi connectivity index (χ0) is 20.4. The summed E-state index contributed by atoms with van der Waals surface area (Å²) < 4.78 is 16.8. The highest BCUT2D eigenvalue weighted by Gasteiger charge is 2.21. The van der Waals surface area contributed by atoms with Crippen LogP contribution in [0, 0.1) is 5.82 Å². The Labute approximate surface area is 167 Å². The first-order valence-corrected chi connectivity index (χ1v) is 9.63. The highest BCUT2D eigenvalue weighted by atomic mass is 19.1. The molecule has 0 unspecified atom stereocenters. The molecule has 0 spiro atoms. The molecule has 1 aromatic carbocycles. The van der Waals surface area contributed by atoms with Crippen molar-refractivity contribution in [2.24, 2.45) is 7.05 Å². The number of rotatable bonds is 4. The van der Waals surface area contributed by atoms with Crippen LogP contribution in [0.2, 0.25) is 0 Å². The molecule has 1 amide bonds. The molecule has 4 rings (SSSR count). The molecule has 1 aliphatic heterocycles. The van der Waals surface area contributed by atoms with Gasteiger partial charge >= 0.3 is 0 Å². The number of nitrogens with zero attached hydrogens (tertiary/aromatic N) is 6. The number of halogens is 1. The second-order valence-corrected chi connectivity index (χ2v) is 7.28. The van der Waals surface area contributed by atoms with Gasteiger partial charge in [-0.15, -0.1) is 0 Å². The summed E-state index contributed by atoms with van der Waals surface area (Å²) >= 11 is 0. The molecular weight excluding hydrogens is 375 g/mol. The fourth-order valence-electron chi connectivity index (χ4n) is 3.67. The van der Waals surface area contributed by atoms with Crippen molar-refractivity contribution in [3.8, 4) is 0 Å². The number of aryl methyl sites for hydroxylation is 1. The van der Waals surface area contributed by atoms with Crippen LogP contribution < -0.4 is 5.56 Å². The van der Waals surface area contributed by atoms with Crippen LogP contribution in [0.25, 0.3) is 11.0 Å². The van der Waals surface area contributed by atoms with Crippen LogP contribution in [-0.4, -0.2) is 61.2 Å². The molecule has 2 aromatic heterocycles. The van der Waals surface area contributed by atoms with Crippen LogP contribution in [0.15, 0.2) is 41.6 Å². The van der Waals surface area contributed by atoms with E-state index in [2.05, 4.69) is 15.0 Å². The first-order valence-electron chi connectivity index (χ1n) is 9.63. The Bertz CT molecular complexity index is 1090. The molecule has 0 bridgehead atoms. The summed E-state index contributed by atoms with van der Waals surface area (Å²) in [7, 11) is 1.72. The third-order valence-corrected chi connectivity index (χ3v) is 5.32. The Morgan fingerprint density at radius 3 is 2.83 bits per heavy atom. The number of carbonyl (C=O) groups excluding carboxylic acids is 1. The molecule has 0 atom stereocenters. The Morgan fingerprint density at radius 1 is 1.17 bits per heavy atom. The molecule has 9 heteroatoms. The van der Waals surface area contributed by atoms with Crippen LogP contribution >= 0.6 is 0 Å². The van der Waals surface area contributed by atoms with Gasteiger partial charge < -0.3 is 4.90 Å². The number of fused-ring (bicyclic) bond motifs is 1. The highest BCUT2D eigenvalue weighted by molar-refractivity contribution is 5.77. The van der Waals surface area contributed by atoms with Gasteiger partial charge in [0.25, 0.3) is 5.56 Å². The third-order valence-electron chi connectivity index (χ3n) is 5.32. The van der Waals surface area contributed by atoms with E-state index >= 15 is 0 Å². The molecule has 1 fully saturated rings. The SMILES string of the molecule is Cn1ncc2c(=O)n(CC(=O)N3CCCN(Cc4ccccc4F)CC3)cnc21. The average molecular weight is 398 g/mol. The van der Waals surface area contributed by atoms with E-state index in [0.29, 0.717) is 42.8 Å². The van der Waals surface area contributed by atoms with Crippen molar-refractivity contribution in [2.45, 2.75) is 19.5 Å². The van der Waals surface area contributed by atoms with Gasteiger partial charge in [0.15, 0.2) is 5.65 Å². The number of carbonyl (C=O) groups is 1. The van der Waals surface area contributed by atoms with E-state index in [1.807, 2.05) is 6.07 Å². The van der Waals surface area contributed by atoms with Gasteiger partial charge in [-0.2, -0.15) is 5.10 Å². The minimum Gasteiger partial charge on any atom is -0.340 e. The number of amides is 1. The first kappa shape index (κ1) is 19.3. The summed E-state index contributed by atoms with van der Waals surface area (Å²) in [5.74, 6) is -0.327. The summed E-state index contributed by atoms with van der Waals surface area (Å²) in [6.07, 6.45) is 3.67. The maximum Gasteiger partial charge on any atom is 0.264 e. The molecule has 3 aromatic rings. The molecule has 1 saturated heterocycles. The lowest BCUT2D eigenvalue weighted by Gasteiger charge is -2.22. The molecule has 0 radical (unpaired) electrons. The van der Waals surface area contributed by atoms with E-state index in [1.165, 1.54) is 27.8 Å². The maximum atomic E-state index is 13.9. The minimum absolute atomic E-state index is 0.0516. The van der Waals surface area contributed by atoms with E-state index in [4.69, 9.17) is 0 Å². The molecule has 0 saturated carbocycles. The van der Waals surface area contributed by atoms with E-state index in [0.717, 1.165) is 13.0 Å². The third kappa shape index (κ3) is 4.04. The number of benzene rings is 1. The fraction of sp³-hybridized carbons (Fsp3) is 0.400. The lowest BCUT2D eigenvalue weighted by Crippen LogP contribution is -2.39. The van der Waals surface area contributed by atoms with Gasteiger partial charge in [0.05, 0.1) is 6.20 Å². The van der Waals surface area contributed by atoms with Crippen molar-refractivity contribution in [2.75, 3.05) is 26.2 Å². The van der Waals surface area contributed by atoms with Crippen molar-refractivity contribution in [1.82, 2.24) is 29.1 Å². The smallest absolute Gasteiger partial charge is 0.264 e. The zero-order valence-electron chi connectivity index (χ0n) is 16.3. The molecule has 0 N–H and O–H groups in total. The van der Waals surface area contributed by atoms with Gasteiger partial charge in [-0.3, -0.25) is 23.7 Å². The van der Waals surface area contributed by atoms with E-state index in [-0.39, 0.29) is 23.8 Å². The van der Waals surface area contributed by atoms with Gasteiger partial charge in [-0.25, -0.2) is 9.37 Å². The van der Waals surface area contributed by atoms with E-state index < -0.39 is 0 Å². The Hall–Kier alpha value is -3.07. The fourth-order valence-corrected chi connectivity index (χ4v) is 3.67. The average Bonchev–Trinajstić information content (AvgIpc) is 2.94. The van der Waals surface area contributed by atoms with Crippen LogP contribution in [0.5, 0.6) is 0 Å². The lowest BCUT2D eigenvalue weighted by atomic mass is 10.2. The maximum absolute atomic E-state index is 13.9. The lowest BCUT2D eigenvalue weighted by molar-refractivity contribution is -0.131. The highest BCUT2D eigenvalue weighted by Crippen LogP contribution is 2.13. The number of hydrogen-bond donors (Lipinski definition) is 0. The largest absolute Gasteiger partial charge is 0.340 e. The normalized spacial score (nSPS) is 15.6. The zero-order valence-corrected chi connectivity index (χ0v) is 16.3. The van der Waals surface area contributed by atoms with E-state index in [1.54, 1.807) is 24.1 Å². The van der Waals surface area contributed by atoms with Gasteiger partial charge in [-0.1, -0.05) is 18.2 Å². The van der Waals surface area contributed by atoms with Crippen molar-refractivity contribution in [1.29, 1.82) is 0 Å². The second kappa shape index (κ2) is 8.12. The molecule has 29 heavy (non-hydrogen) atoms. The van der Waals surface area contributed by atoms with Gasteiger partial charge in [0.1, 0.15) is 24.1 Å². The molecule has 3 heterocycles. The van der Waals surface area contributed by atoms with Gasteiger partial charge in [-0.05, 0) is 12.5 Å². The summed E-state index contributed by atoms with van der Waals surface area (Å²) in [6.45, 7) is 3.09. The Morgan fingerprint density at radius 2 is 2.00 bits per heavy atom. The van der Waals surface area contributed by atoms with Gasteiger partial charge in [0.2, 0.25) is 5.91 Å². The summed E-state index contributed by atoms with van der Waals surface area (Å²) in [5.41, 5.74) is 0.888. The summed E-state index contributed by atoms with van der Waals surface area (Å²) in [4.78, 5) is 33.5. The standard InChI is InChI=1S/C20H23FN6O2/c1-24-19-16(11-23-24)20(29)27(14-22-19)13-18(28)26-8-4-7-25(9-10-26)12-15-5-2-3-6-17(15)21/h2-3,5-6,11,14H,4,7-10,12-13H2,1H3. The second-order valence-electron chi connectivity index (χ2n) is 7.28. The van der Waals surface area contributed by atoms with Crippen molar-refractivity contribution in [3.63, 3.8) is 0 Å². The van der Waals surface area contributed by atoms with Crippen LogP contribution in [0.1, 0.15) is 12.0 Å². The van der Waals surface area contributed by atoms with Crippen LogP contribution in [-0.2, 0) is 24.9 Å². The van der Waals surface area contributed by atoms with Crippen LogP contribution in [0.4, 0.5) is 4.39 Å². The summed E-state index contributed by atoms with van der Waals surface area (Å²) in [6, 6.07) is 6.77. The predicted molar refractivity (Wildman–Crippen MR) is 106 cm³/mol. The van der Waals surface area contributed by atoms with Crippen molar-refractivity contribution in [3.05, 3.63) is 58.5 Å². The molecule has 152 valence electrons. The van der Waals surface area contributed by atoms with Crippen molar-refractivity contribution >= 4 is 16.9 Å². The summed E-state index contributed by atoms with van der Waals surface area (Å²) in [5, 5.41) is 4.44. The molecule has 0 aliphatic carbocycles. The van der Waals surface area contributed by atoms with Gasteiger partial charge in [0, 0.05) is 45.3 Å². The van der Waals surface area contributed by atoms with Crippen molar-refractivity contribution < 1.29 is 9.18 Å². The van der Waals surface area contributed by atoms with E-state index in [9.17, 15) is 14.0 Å².